The van der Waals surface area contributed by atoms with Crippen molar-refractivity contribution in [1.29, 1.82) is 0 Å². The van der Waals surface area contributed by atoms with Gasteiger partial charge in [0.05, 0.1) is 17.9 Å². The third kappa shape index (κ3) is 18.2. The van der Waals surface area contributed by atoms with Gasteiger partial charge in [0, 0.05) is 0 Å². The minimum Gasteiger partial charge on any atom is -0.662 e. The van der Waals surface area contributed by atoms with Crippen molar-refractivity contribution in [3.8, 4) is 0 Å². The molecule has 6 N–H and O–H groups in total. The van der Waals surface area contributed by atoms with E-state index >= 15 is 0 Å². The molecule has 0 heterocycles. The van der Waals surface area contributed by atoms with Gasteiger partial charge < -0.3 is 90.8 Å². The van der Waals surface area contributed by atoms with Gasteiger partial charge in [0.1, 0.15) is 18.3 Å². The Bertz CT molecular complexity index is 593. The van der Waals surface area contributed by atoms with Gasteiger partial charge in [0.2, 0.25) is 0 Å². The number of rotatable bonds is 9. The number of hydrogen-bond acceptors (Lipinski definition) is 21. The Balaban J connectivity index is -0.000000125. The summed E-state index contributed by atoms with van der Waals surface area (Å²) in [5, 5.41) is 107. The van der Waals surface area contributed by atoms with Crippen LogP contribution in [0.25, 0.3) is 0 Å². The van der Waals surface area contributed by atoms with Crippen LogP contribution >= 0.6 is 0 Å². The van der Waals surface area contributed by atoms with Gasteiger partial charge in [-0.15, -0.1) is 0 Å². The normalized spacial score (nSPS) is 14.3. The Morgan fingerprint density at radius 3 is 0.657 bits per heavy atom. The molecule has 35 heavy (non-hydrogen) atoms. The van der Waals surface area contributed by atoms with E-state index in [1.165, 1.54) is 0 Å². The predicted molar refractivity (Wildman–Crippen MR) is 80.8 cm³/mol. The van der Waals surface area contributed by atoms with Crippen LogP contribution in [0.2, 0.25) is 0 Å². The van der Waals surface area contributed by atoms with Crippen LogP contribution < -0.4 is 31.1 Å². The van der Waals surface area contributed by atoms with Crippen molar-refractivity contribution in [2.45, 2.75) is 36.6 Å². The van der Waals surface area contributed by atoms with Crippen LogP contribution in [0.5, 0.6) is 0 Å². The van der Waals surface area contributed by atoms with Crippen LogP contribution in [-0.2, 0) is 43.4 Å². The van der Waals surface area contributed by atoms with Crippen molar-refractivity contribution >= 4 is 88.2 Å². The van der Waals surface area contributed by atoms with Gasteiger partial charge in [0.15, 0.2) is 18.3 Å². The third-order valence-corrected chi connectivity index (χ3v) is 2.59. The van der Waals surface area contributed by atoms with Gasteiger partial charge in [-0.2, -0.15) is 0 Å². The molecular formula is C12H12Bi2O21. The van der Waals surface area contributed by atoms with Crippen molar-refractivity contribution in [2.24, 2.45) is 0 Å². The number of carbonyl (C=O) groups excluding carboxylic acids is 6. The second-order valence-corrected chi connectivity index (χ2v) is 4.83. The average Bonchev–Trinajstić information content (AvgIpc) is 2.79. The molecule has 6 atom stereocenters. The first-order chi connectivity index (χ1) is 15.0. The van der Waals surface area contributed by atoms with E-state index in [4.69, 9.17) is 30.6 Å². The van der Waals surface area contributed by atoms with E-state index in [1.54, 1.807) is 0 Å². The van der Waals surface area contributed by atoms with Crippen LogP contribution in [0, 0.1) is 0 Å². The summed E-state index contributed by atoms with van der Waals surface area (Å²) in [5.41, 5.74) is 0. The smallest absolute Gasteiger partial charge is 0.662 e. The monoisotopic (exact) mass is 910 g/mol. The van der Waals surface area contributed by atoms with Crippen LogP contribution in [0.4, 0.5) is 0 Å². The van der Waals surface area contributed by atoms with Crippen molar-refractivity contribution in [3.63, 3.8) is 0 Å². The van der Waals surface area contributed by atoms with Crippen molar-refractivity contribution in [3.05, 3.63) is 0 Å². The number of aliphatic carboxylic acids is 3. The summed E-state index contributed by atoms with van der Waals surface area (Å²) >= 11 is 0. The van der Waals surface area contributed by atoms with Crippen LogP contribution in [0.1, 0.15) is 0 Å². The largest absolute Gasteiger partial charge is 3.00 e. The molecule has 0 saturated heterocycles. The maximum atomic E-state index is 10.0. The molecule has 0 saturated carbocycles. The first kappa shape index (κ1) is 43.3. The van der Waals surface area contributed by atoms with E-state index < -0.39 is 72.4 Å². The molecule has 0 spiro atoms. The first-order valence-electron chi connectivity index (χ1n) is 7.23. The quantitative estimate of drug-likeness (QED) is 0.0710. The summed E-state index contributed by atoms with van der Waals surface area (Å²) in [6.07, 6.45) is -14.6. The Morgan fingerprint density at radius 1 is 0.429 bits per heavy atom. The van der Waals surface area contributed by atoms with Crippen LogP contribution in [-0.4, -0.2) is 155 Å². The van der Waals surface area contributed by atoms with Crippen LogP contribution in [0.15, 0.2) is 0 Å². The molecule has 6 unspecified atom stereocenters. The number of carbonyl (C=O) groups is 6. The number of carboxylic acid groups (broad SMARTS) is 3. The molecule has 0 aliphatic heterocycles. The zero-order valence-corrected chi connectivity index (χ0v) is 23.1. The predicted octanol–water partition coefficient (Wildman–Crippen LogP) is -14.9. The Labute approximate surface area is 229 Å². The minimum absolute atomic E-state index is 0. The molecule has 21 nitrogen and oxygen atoms in total. The fraction of sp³-hybridized carbons (Fsp3) is 0.500. The molecule has 23 heteroatoms. The molecule has 0 aromatic rings. The molecule has 0 bridgehead atoms. The van der Waals surface area contributed by atoms with Gasteiger partial charge in [-0.25, -0.2) is 14.4 Å². The number of hydrogen-bond donors (Lipinski definition) is 6. The zero-order chi connectivity index (χ0) is 27.0. The standard InChI is InChI=1S/3C4H6O7.2Bi/c3*5-1(3(7)8)2(6)4(9)11-10;;/h3*1-2,5-6,10H,(H,7,8);;/q;;;2*+3/p-6. The molecular weight excluding hydrogens is 898 g/mol. The van der Waals surface area contributed by atoms with E-state index in [-0.39, 0.29) is 52.4 Å². The third-order valence-electron chi connectivity index (χ3n) is 2.59. The van der Waals surface area contributed by atoms with Gasteiger partial charge in [-0.05, 0) is 0 Å². The maximum Gasteiger partial charge on any atom is 3.00 e. The SMILES string of the molecule is O=C([O-])C(O)C(O)C(=O)O[O-].O=C([O-])C(O)C(O)C(=O)O[O-].O=C([O-])C(O)C(O)C(=O)O[O-].[Bi+3].[Bi+3]. The summed E-state index contributed by atoms with van der Waals surface area (Å²) in [4.78, 5) is 67.3. The van der Waals surface area contributed by atoms with Crippen molar-refractivity contribution < 1.29 is 105 Å². The second kappa shape index (κ2) is 22.7. The van der Waals surface area contributed by atoms with Gasteiger partial charge in [-0.3, -0.25) is 0 Å². The molecule has 0 aliphatic rings. The van der Waals surface area contributed by atoms with Crippen LogP contribution in [0.3, 0.4) is 0 Å². The van der Waals surface area contributed by atoms with Gasteiger partial charge in [0.25, 0.3) is 0 Å². The minimum atomic E-state index is -2.45. The number of carboxylic acids is 3. The fourth-order valence-corrected chi connectivity index (χ4v) is 0.921. The Morgan fingerprint density at radius 2 is 0.571 bits per heavy atom. The molecule has 0 aromatic carbocycles. The molecule has 0 aromatic heterocycles. The molecule has 0 amide bonds. The molecule has 196 valence electrons. The molecule has 0 fully saturated rings. The Hall–Kier alpha value is -1.77. The molecule has 4 radical (unpaired) electrons. The van der Waals surface area contributed by atoms with Crippen molar-refractivity contribution in [1.82, 2.24) is 0 Å². The average molecular weight is 910 g/mol. The first-order valence-corrected chi connectivity index (χ1v) is 7.23. The summed E-state index contributed by atoms with van der Waals surface area (Å²) in [6.45, 7) is 0. The van der Waals surface area contributed by atoms with Crippen molar-refractivity contribution in [2.75, 3.05) is 0 Å². The van der Waals surface area contributed by atoms with Gasteiger partial charge in [-0.1, -0.05) is 0 Å². The second-order valence-electron chi connectivity index (χ2n) is 4.83. The summed E-state index contributed by atoms with van der Waals surface area (Å²) in [5.74, 6) is -11.5. The molecule has 0 rings (SSSR count). The van der Waals surface area contributed by atoms with E-state index in [1.807, 2.05) is 0 Å². The zero-order valence-electron chi connectivity index (χ0n) is 16.2. The summed E-state index contributed by atoms with van der Waals surface area (Å²) in [7, 11) is 0. The Kier molecular flexibility index (Phi) is 28.1. The number of aliphatic hydroxyl groups is 6. The van der Waals surface area contributed by atoms with E-state index in [9.17, 15) is 59.9 Å². The van der Waals surface area contributed by atoms with Gasteiger partial charge >= 0.3 is 70.3 Å². The van der Waals surface area contributed by atoms with E-state index in [0.717, 1.165) is 0 Å². The van der Waals surface area contributed by atoms with E-state index in [2.05, 4.69) is 14.7 Å². The summed E-state index contributed by atoms with van der Waals surface area (Å²) in [6, 6.07) is 0. The molecule has 0 aliphatic carbocycles. The topological polar surface area (TPSA) is 390 Å². The van der Waals surface area contributed by atoms with E-state index in [0.29, 0.717) is 0 Å². The number of aliphatic hydroxyl groups excluding tert-OH is 6. The maximum absolute atomic E-state index is 10.0. The fourth-order valence-electron chi connectivity index (χ4n) is 0.921. The summed E-state index contributed by atoms with van der Waals surface area (Å²) < 4.78 is 0.